The number of nitrogens with zero attached hydrogens (tertiary/aromatic N) is 2. The average Bonchev–Trinajstić information content (AvgIpc) is 3.21. The predicted octanol–water partition coefficient (Wildman–Crippen LogP) is 1.08. The molecule has 1 aromatic heterocycles. The number of aromatic nitrogens is 1. The molecule has 1 fully saturated rings. The molecule has 4 heteroatoms. The highest BCUT2D eigenvalue weighted by Crippen LogP contribution is 2.27. The number of carbonyl (C=O) groups excluding carboxylic acids is 1. The van der Waals surface area contributed by atoms with Gasteiger partial charge in [0.25, 0.3) is 0 Å². The van der Waals surface area contributed by atoms with Gasteiger partial charge < -0.3 is 10.2 Å². The topological polar surface area (TPSA) is 45.2 Å². The minimum atomic E-state index is 0.159. The Bertz CT molecular complexity index is 376. The molecule has 1 amide bonds. The predicted molar refractivity (Wildman–Crippen MR) is 71.2 cm³/mol. The second-order valence-corrected chi connectivity index (χ2v) is 4.96. The van der Waals surface area contributed by atoms with E-state index in [1.54, 1.807) is 11.1 Å². The van der Waals surface area contributed by atoms with Gasteiger partial charge in [-0.3, -0.25) is 9.78 Å². The normalized spacial score (nSPS) is 14.5. The zero-order valence-corrected chi connectivity index (χ0v) is 10.9. The van der Waals surface area contributed by atoms with Crippen LogP contribution >= 0.6 is 0 Å². The molecular weight excluding hydrogens is 226 g/mol. The van der Waals surface area contributed by atoms with E-state index in [0.717, 1.165) is 31.1 Å². The lowest BCUT2D eigenvalue weighted by Gasteiger charge is -2.17. The van der Waals surface area contributed by atoms with E-state index in [2.05, 4.69) is 10.3 Å². The van der Waals surface area contributed by atoms with Crippen LogP contribution in [-0.2, 0) is 11.2 Å². The quantitative estimate of drug-likeness (QED) is 0.784. The number of carbonyl (C=O) groups is 1. The van der Waals surface area contributed by atoms with Gasteiger partial charge in [-0.05, 0) is 37.4 Å². The smallest absolute Gasteiger partial charge is 0.236 e. The van der Waals surface area contributed by atoms with Gasteiger partial charge in [0.2, 0.25) is 5.91 Å². The highest BCUT2D eigenvalue weighted by Gasteiger charge is 2.20. The summed E-state index contributed by atoms with van der Waals surface area (Å²) in [5.74, 6) is 0.975. The number of hydrogen-bond donors (Lipinski definition) is 1. The lowest BCUT2D eigenvalue weighted by Crippen LogP contribution is -2.37. The number of hydrogen-bond acceptors (Lipinski definition) is 3. The molecule has 0 atom stereocenters. The summed E-state index contributed by atoms with van der Waals surface area (Å²) in [5, 5.41) is 3.22. The molecule has 0 bridgehead atoms. The molecule has 1 aliphatic rings. The van der Waals surface area contributed by atoms with E-state index >= 15 is 0 Å². The summed E-state index contributed by atoms with van der Waals surface area (Å²) >= 11 is 0. The molecule has 2 rings (SSSR count). The molecule has 1 aromatic rings. The van der Waals surface area contributed by atoms with Gasteiger partial charge in [0.05, 0.1) is 6.54 Å². The first-order valence-corrected chi connectivity index (χ1v) is 6.60. The van der Waals surface area contributed by atoms with Crippen LogP contribution < -0.4 is 5.32 Å². The Morgan fingerprint density at radius 3 is 3.00 bits per heavy atom. The van der Waals surface area contributed by atoms with Gasteiger partial charge in [-0.25, -0.2) is 0 Å². The molecule has 1 saturated carbocycles. The Morgan fingerprint density at radius 1 is 1.50 bits per heavy atom. The summed E-state index contributed by atoms with van der Waals surface area (Å²) in [6.45, 7) is 2.16. The van der Waals surface area contributed by atoms with E-state index < -0.39 is 0 Å². The van der Waals surface area contributed by atoms with Crippen molar-refractivity contribution in [1.29, 1.82) is 0 Å². The summed E-state index contributed by atoms with van der Waals surface area (Å²) in [5.41, 5.74) is 1.03. The molecule has 0 unspecified atom stereocenters. The average molecular weight is 247 g/mol. The maximum Gasteiger partial charge on any atom is 0.236 e. The minimum absolute atomic E-state index is 0.159. The second kappa shape index (κ2) is 6.50. The molecular formula is C14H21N3O. The Labute approximate surface area is 108 Å². The Kier molecular flexibility index (Phi) is 4.70. The van der Waals surface area contributed by atoms with Crippen molar-refractivity contribution in [2.75, 3.05) is 26.7 Å². The van der Waals surface area contributed by atoms with E-state index in [9.17, 15) is 4.79 Å². The van der Waals surface area contributed by atoms with Crippen LogP contribution in [0.1, 0.15) is 18.5 Å². The number of nitrogens with one attached hydrogen (secondary N) is 1. The first-order valence-electron chi connectivity index (χ1n) is 6.60. The Hall–Kier alpha value is -1.42. The second-order valence-electron chi connectivity index (χ2n) is 4.96. The van der Waals surface area contributed by atoms with Crippen LogP contribution in [0.25, 0.3) is 0 Å². The van der Waals surface area contributed by atoms with Gasteiger partial charge in [0, 0.05) is 31.9 Å². The maximum absolute atomic E-state index is 11.8. The summed E-state index contributed by atoms with van der Waals surface area (Å²) in [6.07, 6.45) is 5.23. The first kappa shape index (κ1) is 13.0. The summed E-state index contributed by atoms with van der Waals surface area (Å²) < 4.78 is 0. The van der Waals surface area contributed by atoms with Crippen LogP contribution in [0, 0.1) is 5.92 Å². The summed E-state index contributed by atoms with van der Waals surface area (Å²) in [4.78, 5) is 17.8. The molecule has 1 heterocycles. The van der Waals surface area contributed by atoms with Crippen LogP contribution in [0.4, 0.5) is 0 Å². The van der Waals surface area contributed by atoms with E-state index in [4.69, 9.17) is 0 Å². The van der Waals surface area contributed by atoms with Crippen molar-refractivity contribution >= 4 is 5.91 Å². The third-order valence-corrected chi connectivity index (χ3v) is 3.26. The van der Waals surface area contributed by atoms with Crippen LogP contribution in [-0.4, -0.2) is 42.5 Å². The largest absolute Gasteiger partial charge is 0.344 e. The van der Waals surface area contributed by atoms with E-state index in [1.807, 2.05) is 25.2 Å². The lowest BCUT2D eigenvalue weighted by atomic mass is 10.2. The van der Waals surface area contributed by atoms with Crippen LogP contribution in [0.5, 0.6) is 0 Å². The highest BCUT2D eigenvalue weighted by molar-refractivity contribution is 5.77. The monoisotopic (exact) mass is 247 g/mol. The molecule has 0 radical (unpaired) electrons. The maximum atomic E-state index is 11.8. The fourth-order valence-electron chi connectivity index (χ4n) is 1.79. The van der Waals surface area contributed by atoms with Crippen molar-refractivity contribution in [3.63, 3.8) is 0 Å². The van der Waals surface area contributed by atoms with Crippen LogP contribution in [0.15, 0.2) is 24.4 Å². The molecule has 0 saturated heterocycles. The van der Waals surface area contributed by atoms with Crippen LogP contribution in [0.3, 0.4) is 0 Å². The molecule has 98 valence electrons. The van der Waals surface area contributed by atoms with Crippen molar-refractivity contribution in [2.24, 2.45) is 5.92 Å². The van der Waals surface area contributed by atoms with Gasteiger partial charge in [-0.1, -0.05) is 6.07 Å². The van der Waals surface area contributed by atoms with Crippen molar-refractivity contribution in [1.82, 2.24) is 15.2 Å². The number of amides is 1. The summed E-state index contributed by atoms with van der Waals surface area (Å²) in [7, 11) is 1.85. The highest BCUT2D eigenvalue weighted by atomic mass is 16.2. The van der Waals surface area contributed by atoms with Gasteiger partial charge >= 0.3 is 0 Å². The van der Waals surface area contributed by atoms with Crippen molar-refractivity contribution < 1.29 is 4.79 Å². The molecule has 0 aliphatic heterocycles. The minimum Gasteiger partial charge on any atom is -0.344 e. The molecule has 4 nitrogen and oxygen atoms in total. The third-order valence-electron chi connectivity index (χ3n) is 3.26. The van der Waals surface area contributed by atoms with E-state index in [0.29, 0.717) is 6.54 Å². The van der Waals surface area contributed by atoms with Gasteiger partial charge in [0.1, 0.15) is 0 Å². The molecule has 18 heavy (non-hydrogen) atoms. The number of pyridine rings is 1. The number of rotatable bonds is 7. The standard InChI is InChI=1S/C14H21N3O/c1-17(9-7-13-4-2-3-8-16-13)14(18)11-15-10-12-5-6-12/h2-4,8,12,15H,5-7,9-11H2,1H3. The van der Waals surface area contributed by atoms with E-state index in [1.165, 1.54) is 12.8 Å². The SMILES string of the molecule is CN(CCc1ccccn1)C(=O)CNCC1CC1. The molecule has 0 aromatic carbocycles. The summed E-state index contributed by atoms with van der Waals surface area (Å²) in [6, 6.07) is 5.87. The Morgan fingerprint density at radius 2 is 2.33 bits per heavy atom. The van der Waals surface area contributed by atoms with Gasteiger partial charge in [-0.2, -0.15) is 0 Å². The molecule has 1 aliphatic carbocycles. The first-order chi connectivity index (χ1) is 8.75. The van der Waals surface area contributed by atoms with Crippen LogP contribution in [0.2, 0.25) is 0 Å². The zero-order chi connectivity index (χ0) is 12.8. The van der Waals surface area contributed by atoms with Gasteiger partial charge in [0.15, 0.2) is 0 Å². The van der Waals surface area contributed by atoms with E-state index in [-0.39, 0.29) is 5.91 Å². The lowest BCUT2D eigenvalue weighted by molar-refractivity contribution is -0.128. The Balaban J connectivity index is 1.63. The molecule has 1 N–H and O–H groups in total. The number of likely N-dealkylation sites (N-methyl/N-ethyl adjacent to an activating group) is 1. The van der Waals surface area contributed by atoms with Crippen molar-refractivity contribution in [3.05, 3.63) is 30.1 Å². The fraction of sp³-hybridized carbons (Fsp3) is 0.571. The third kappa shape index (κ3) is 4.45. The zero-order valence-electron chi connectivity index (χ0n) is 10.9. The van der Waals surface area contributed by atoms with Crippen molar-refractivity contribution in [3.8, 4) is 0 Å². The fourth-order valence-corrected chi connectivity index (χ4v) is 1.79. The molecule has 0 spiro atoms. The van der Waals surface area contributed by atoms with Gasteiger partial charge in [-0.15, -0.1) is 0 Å². The van der Waals surface area contributed by atoms with Crippen molar-refractivity contribution in [2.45, 2.75) is 19.3 Å².